The number of hydrogen-bond donors (Lipinski definition) is 1. The van der Waals surface area contributed by atoms with E-state index in [9.17, 15) is 0 Å². The van der Waals surface area contributed by atoms with E-state index in [2.05, 4.69) is 60.6 Å². The first-order valence-electron chi connectivity index (χ1n) is 6.25. The van der Waals surface area contributed by atoms with E-state index in [0.717, 1.165) is 6.42 Å². The molecule has 0 saturated heterocycles. The Hall–Kier alpha value is -1.32. The van der Waals surface area contributed by atoms with Crippen molar-refractivity contribution in [3.05, 3.63) is 52.2 Å². The van der Waals surface area contributed by atoms with Crippen LogP contribution in [0.25, 0.3) is 0 Å². The minimum Gasteiger partial charge on any atom is -0.372 e. The highest BCUT2D eigenvalue weighted by Crippen LogP contribution is 2.19. The number of hydrogen-bond acceptors (Lipinski definition) is 3. The molecular weight excluding hydrogens is 240 g/mol. The number of thiophene rings is 1. The molecule has 0 fully saturated rings. The SMILES string of the molecule is CC(Cc1cccs1)N(C)c1ccc(CN)cc1. The molecule has 2 rings (SSSR count). The van der Waals surface area contributed by atoms with Crippen LogP contribution in [0.15, 0.2) is 41.8 Å². The standard InChI is InChI=1S/C15H20N2S/c1-12(10-15-4-3-9-18-15)17(2)14-7-5-13(11-16)6-8-14/h3-9,12H,10-11,16H2,1-2H3. The molecule has 18 heavy (non-hydrogen) atoms. The van der Waals surface area contributed by atoms with Gasteiger partial charge in [0.1, 0.15) is 0 Å². The Labute approximate surface area is 113 Å². The minimum atomic E-state index is 0.493. The average molecular weight is 260 g/mol. The van der Waals surface area contributed by atoms with Gasteiger partial charge in [-0.05, 0) is 36.1 Å². The van der Waals surface area contributed by atoms with Crippen molar-refractivity contribution in [2.24, 2.45) is 5.73 Å². The van der Waals surface area contributed by atoms with Gasteiger partial charge in [0.15, 0.2) is 0 Å². The van der Waals surface area contributed by atoms with Crippen LogP contribution in [-0.2, 0) is 13.0 Å². The topological polar surface area (TPSA) is 29.3 Å². The van der Waals surface area contributed by atoms with Gasteiger partial charge in [0.2, 0.25) is 0 Å². The number of nitrogens with two attached hydrogens (primary N) is 1. The number of anilines is 1. The Bertz CT molecular complexity index is 462. The highest BCUT2D eigenvalue weighted by Gasteiger charge is 2.11. The van der Waals surface area contributed by atoms with E-state index in [-0.39, 0.29) is 0 Å². The van der Waals surface area contributed by atoms with E-state index in [4.69, 9.17) is 5.73 Å². The summed E-state index contributed by atoms with van der Waals surface area (Å²) in [6, 6.07) is 13.3. The van der Waals surface area contributed by atoms with Crippen LogP contribution >= 0.6 is 11.3 Å². The van der Waals surface area contributed by atoms with Crippen molar-refractivity contribution in [3.8, 4) is 0 Å². The summed E-state index contributed by atoms with van der Waals surface area (Å²) in [6.45, 7) is 2.87. The molecule has 1 aromatic carbocycles. The fourth-order valence-corrected chi connectivity index (χ4v) is 2.80. The van der Waals surface area contributed by atoms with Crippen LogP contribution in [0, 0.1) is 0 Å². The predicted octanol–water partition coefficient (Wildman–Crippen LogP) is 3.27. The van der Waals surface area contributed by atoms with E-state index in [0.29, 0.717) is 12.6 Å². The van der Waals surface area contributed by atoms with Gasteiger partial charge in [0.25, 0.3) is 0 Å². The molecule has 2 nitrogen and oxygen atoms in total. The summed E-state index contributed by atoms with van der Waals surface area (Å²) >= 11 is 1.83. The van der Waals surface area contributed by atoms with Crippen LogP contribution in [0.4, 0.5) is 5.69 Å². The number of benzene rings is 1. The van der Waals surface area contributed by atoms with E-state index in [1.54, 1.807) is 0 Å². The lowest BCUT2D eigenvalue weighted by Crippen LogP contribution is -2.30. The Morgan fingerprint density at radius 3 is 2.50 bits per heavy atom. The monoisotopic (exact) mass is 260 g/mol. The maximum atomic E-state index is 5.61. The average Bonchev–Trinajstić information content (AvgIpc) is 2.91. The highest BCUT2D eigenvalue weighted by molar-refractivity contribution is 7.09. The number of rotatable bonds is 5. The van der Waals surface area contributed by atoms with E-state index in [1.807, 2.05) is 11.3 Å². The Balaban J connectivity index is 2.02. The summed E-state index contributed by atoms with van der Waals surface area (Å²) in [6.07, 6.45) is 1.09. The summed E-state index contributed by atoms with van der Waals surface area (Å²) in [5.41, 5.74) is 8.04. The third-order valence-corrected chi connectivity index (χ3v) is 4.22. The second-order valence-electron chi connectivity index (χ2n) is 4.61. The second-order valence-corrected chi connectivity index (χ2v) is 5.65. The van der Waals surface area contributed by atoms with Crippen molar-refractivity contribution in [1.82, 2.24) is 0 Å². The van der Waals surface area contributed by atoms with Gasteiger partial charge in [-0.1, -0.05) is 18.2 Å². The molecule has 0 saturated carbocycles. The third kappa shape index (κ3) is 3.12. The highest BCUT2D eigenvalue weighted by atomic mass is 32.1. The van der Waals surface area contributed by atoms with Crippen LogP contribution in [-0.4, -0.2) is 13.1 Å². The van der Waals surface area contributed by atoms with E-state index < -0.39 is 0 Å². The zero-order valence-corrected chi connectivity index (χ0v) is 11.8. The molecule has 0 bridgehead atoms. The maximum Gasteiger partial charge on any atom is 0.0366 e. The van der Waals surface area contributed by atoms with Crippen molar-refractivity contribution >= 4 is 17.0 Å². The van der Waals surface area contributed by atoms with Crippen molar-refractivity contribution in [3.63, 3.8) is 0 Å². The van der Waals surface area contributed by atoms with Crippen LogP contribution in [0.5, 0.6) is 0 Å². The Kier molecular flexibility index (Phi) is 4.39. The van der Waals surface area contributed by atoms with Gasteiger partial charge in [-0.25, -0.2) is 0 Å². The molecule has 0 amide bonds. The first-order valence-corrected chi connectivity index (χ1v) is 7.13. The summed E-state index contributed by atoms with van der Waals surface area (Å²) in [5.74, 6) is 0. The van der Waals surface area contributed by atoms with E-state index >= 15 is 0 Å². The zero-order chi connectivity index (χ0) is 13.0. The molecule has 0 radical (unpaired) electrons. The second kappa shape index (κ2) is 6.03. The molecule has 1 atom stereocenters. The molecule has 0 aliphatic rings. The smallest absolute Gasteiger partial charge is 0.0366 e. The third-order valence-electron chi connectivity index (χ3n) is 3.32. The van der Waals surface area contributed by atoms with Gasteiger partial charge >= 0.3 is 0 Å². The van der Waals surface area contributed by atoms with Gasteiger partial charge in [0.05, 0.1) is 0 Å². The normalized spacial score (nSPS) is 12.4. The summed E-state index contributed by atoms with van der Waals surface area (Å²) in [7, 11) is 2.15. The Morgan fingerprint density at radius 1 is 1.22 bits per heavy atom. The van der Waals surface area contributed by atoms with Crippen LogP contribution in [0.2, 0.25) is 0 Å². The fourth-order valence-electron chi connectivity index (χ4n) is 1.98. The zero-order valence-electron chi connectivity index (χ0n) is 11.0. The van der Waals surface area contributed by atoms with Crippen molar-refractivity contribution < 1.29 is 0 Å². The van der Waals surface area contributed by atoms with Crippen molar-refractivity contribution in [2.45, 2.75) is 25.9 Å². The quantitative estimate of drug-likeness (QED) is 0.894. The molecule has 96 valence electrons. The molecule has 0 spiro atoms. The van der Waals surface area contributed by atoms with Crippen molar-refractivity contribution in [2.75, 3.05) is 11.9 Å². The van der Waals surface area contributed by atoms with Crippen LogP contribution < -0.4 is 10.6 Å². The van der Waals surface area contributed by atoms with Crippen LogP contribution in [0.3, 0.4) is 0 Å². The first kappa shape index (κ1) is 13.1. The molecule has 0 aliphatic carbocycles. The number of likely N-dealkylation sites (N-methyl/N-ethyl adjacent to an activating group) is 1. The predicted molar refractivity (Wildman–Crippen MR) is 80.2 cm³/mol. The molecule has 1 unspecified atom stereocenters. The molecular formula is C15H20N2S. The first-order chi connectivity index (χ1) is 8.70. The van der Waals surface area contributed by atoms with Crippen molar-refractivity contribution in [1.29, 1.82) is 0 Å². The number of nitrogens with zero attached hydrogens (tertiary/aromatic N) is 1. The van der Waals surface area contributed by atoms with Gasteiger partial charge in [-0.2, -0.15) is 0 Å². The summed E-state index contributed by atoms with van der Waals surface area (Å²) in [4.78, 5) is 3.76. The van der Waals surface area contributed by atoms with Gasteiger partial charge < -0.3 is 10.6 Å². The largest absolute Gasteiger partial charge is 0.372 e. The van der Waals surface area contributed by atoms with E-state index in [1.165, 1.54) is 16.1 Å². The molecule has 3 heteroatoms. The van der Waals surface area contributed by atoms with Crippen LogP contribution in [0.1, 0.15) is 17.4 Å². The fraction of sp³-hybridized carbons (Fsp3) is 0.333. The van der Waals surface area contributed by atoms with Gasteiger partial charge in [-0.3, -0.25) is 0 Å². The Morgan fingerprint density at radius 2 is 1.94 bits per heavy atom. The molecule has 0 aliphatic heterocycles. The summed E-state index contributed by atoms with van der Waals surface area (Å²) < 4.78 is 0. The molecule has 2 aromatic rings. The maximum absolute atomic E-state index is 5.61. The molecule has 1 heterocycles. The lowest BCUT2D eigenvalue weighted by atomic mass is 10.1. The van der Waals surface area contributed by atoms with Gasteiger partial charge in [0, 0.05) is 36.6 Å². The molecule has 1 aromatic heterocycles. The minimum absolute atomic E-state index is 0.493. The summed E-state index contributed by atoms with van der Waals surface area (Å²) in [5, 5.41) is 2.14. The lowest BCUT2D eigenvalue weighted by Gasteiger charge is -2.27. The lowest BCUT2D eigenvalue weighted by molar-refractivity contribution is 0.688. The molecule has 2 N–H and O–H groups in total. The van der Waals surface area contributed by atoms with Gasteiger partial charge in [-0.15, -0.1) is 11.3 Å².